The van der Waals surface area contributed by atoms with E-state index in [2.05, 4.69) is 64.5 Å². The fourth-order valence-corrected chi connectivity index (χ4v) is 4.05. The lowest BCUT2D eigenvalue weighted by molar-refractivity contribution is -0.192. The summed E-state index contributed by atoms with van der Waals surface area (Å²) in [5.74, 6) is -1.85. The molecule has 1 fully saturated rings. The lowest BCUT2D eigenvalue weighted by atomic mass is 10.0. The molecule has 0 saturated carbocycles. The molecule has 35 heavy (non-hydrogen) atoms. The second-order valence-electron chi connectivity index (χ2n) is 8.47. The van der Waals surface area contributed by atoms with Crippen LogP contribution in [0.2, 0.25) is 0 Å². The van der Waals surface area contributed by atoms with E-state index in [9.17, 15) is 13.2 Å². The molecule has 1 unspecified atom stereocenters. The molecule has 0 aliphatic carbocycles. The normalized spacial score (nSPS) is 16.2. The highest BCUT2D eigenvalue weighted by molar-refractivity contribution is 5.80. The molecule has 1 atom stereocenters. The van der Waals surface area contributed by atoms with Crippen molar-refractivity contribution in [2.75, 3.05) is 13.1 Å². The molecule has 1 saturated heterocycles. The Bertz CT molecular complexity index is 1290. The van der Waals surface area contributed by atoms with E-state index in [1.807, 2.05) is 18.2 Å². The number of hydrogen-bond acceptors (Lipinski definition) is 4. The van der Waals surface area contributed by atoms with Crippen LogP contribution in [0.4, 0.5) is 13.2 Å². The Morgan fingerprint density at radius 2 is 1.69 bits per heavy atom. The van der Waals surface area contributed by atoms with Gasteiger partial charge in [-0.05, 0) is 47.4 Å². The van der Waals surface area contributed by atoms with Crippen LogP contribution in [-0.4, -0.2) is 51.3 Å². The number of likely N-dealkylation sites (tertiary alicyclic amines) is 1. The zero-order chi connectivity index (χ0) is 25.0. The molecule has 2 heterocycles. The number of H-pyrrole nitrogens is 1. The number of carbonyl (C=O) groups is 1. The molecular weight excluding hydrogens is 457 g/mol. The molecule has 0 radical (unpaired) electrons. The van der Waals surface area contributed by atoms with Crippen molar-refractivity contribution in [3.63, 3.8) is 0 Å². The van der Waals surface area contributed by atoms with Crippen molar-refractivity contribution < 1.29 is 23.1 Å². The highest BCUT2D eigenvalue weighted by Crippen LogP contribution is 2.27. The number of hydrogen-bond donors (Lipinski definition) is 3. The summed E-state index contributed by atoms with van der Waals surface area (Å²) < 4.78 is 31.7. The topological polar surface area (TPSA) is 95.2 Å². The summed E-state index contributed by atoms with van der Waals surface area (Å²) in [5, 5.41) is 7.12. The van der Waals surface area contributed by atoms with Gasteiger partial charge in [0.25, 0.3) is 0 Å². The van der Waals surface area contributed by atoms with Gasteiger partial charge in [0.2, 0.25) is 0 Å². The maximum Gasteiger partial charge on any atom is 0.490 e. The number of nitrogens with one attached hydrogen (secondary N) is 1. The fourth-order valence-electron chi connectivity index (χ4n) is 4.05. The number of alkyl halides is 3. The van der Waals surface area contributed by atoms with Gasteiger partial charge in [0.05, 0.1) is 11.0 Å². The van der Waals surface area contributed by atoms with Gasteiger partial charge in [0.1, 0.15) is 5.82 Å². The van der Waals surface area contributed by atoms with Crippen molar-refractivity contribution in [2.24, 2.45) is 5.73 Å². The Balaban J connectivity index is 0.000000364. The van der Waals surface area contributed by atoms with Crippen LogP contribution in [0.1, 0.15) is 12.0 Å². The monoisotopic (exact) mass is 482 g/mol. The molecule has 0 amide bonds. The van der Waals surface area contributed by atoms with E-state index in [1.165, 1.54) is 16.7 Å². The van der Waals surface area contributed by atoms with Crippen LogP contribution in [0, 0.1) is 0 Å². The molecule has 0 spiro atoms. The molecule has 182 valence electrons. The predicted octanol–water partition coefficient (Wildman–Crippen LogP) is 5.06. The van der Waals surface area contributed by atoms with E-state index in [1.54, 1.807) is 0 Å². The van der Waals surface area contributed by atoms with E-state index in [-0.39, 0.29) is 0 Å². The molecular formula is C26H25F3N4O2. The summed E-state index contributed by atoms with van der Waals surface area (Å²) in [7, 11) is 0. The number of nitrogens with two attached hydrogens (primary N) is 1. The largest absolute Gasteiger partial charge is 0.490 e. The van der Waals surface area contributed by atoms with Gasteiger partial charge in [-0.3, -0.25) is 4.90 Å². The highest BCUT2D eigenvalue weighted by Gasteiger charge is 2.38. The molecule has 6 nitrogen and oxygen atoms in total. The number of imidazole rings is 1. The van der Waals surface area contributed by atoms with Crippen molar-refractivity contribution in [1.82, 2.24) is 14.9 Å². The molecule has 1 aromatic heterocycles. The third-order valence-electron chi connectivity index (χ3n) is 5.74. The third kappa shape index (κ3) is 6.26. The van der Waals surface area contributed by atoms with Crippen LogP contribution < -0.4 is 5.73 Å². The summed E-state index contributed by atoms with van der Waals surface area (Å²) in [6.07, 6.45) is -3.99. The third-order valence-corrected chi connectivity index (χ3v) is 5.74. The number of halogens is 3. The predicted molar refractivity (Wildman–Crippen MR) is 129 cm³/mol. The highest BCUT2D eigenvalue weighted by atomic mass is 19.4. The molecule has 5 rings (SSSR count). The number of fused-ring (bicyclic) bond motifs is 1. The first-order chi connectivity index (χ1) is 16.7. The Morgan fingerprint density at radius 3 is 2.34 bits per heavy atom. The Labute approximate surface area is 200 Å². The lowest BCUT2D eigenvalue weighted by Gasteiger charge is -2.16. The van der Waals surface area contributed by atoms with Crippen molar-refractivity contribution in [3.8, 4) is 22.5 Å². The maximum absolute atomic E-state index is 10.6. The first-order valence-corrected chi connectivity index (χ1v) is 11.1. The summed E-state index contributed by atoms with van der Waals surface area (Å²) in [6.45, 7) is 3.05. The van der Waals surface area contributed by atoms with Crippen molar-refractivity contribution in [2.45, 2.75) is 25.2 Å². The van der Waals surface area contributed by atoms with Crippen molar-refractivity contribution in [3.05, 3.63) is 78.4 Å². The summed E-state index contributed by atoms with van der Waals surface area (Å²) in [4.78, 5) is 19.5. The zero-order valence-corrected chi connectivity index (χ0v) is 18.8. The number of aromatic amines is 1. The van der Waals surface area contributed by atoms with Crippen LogP contribution in [0.25, 0.3) is 33.5 Å². The second-order valence-corrected chi connectivity index (χ2v) is 8.47. The van der Waals surface area contributed by atoms with Crippen molar-refractivity contribution in [1.29, 1.82) is 0 Å². The number of aromatic nitrogens is 2. The molecule has 9 heteroatoms. The van der Waals surface area contributed by atoms with E-state index in [0.29, 0.717) is 6.04 Å². The Morgan fingerprint density at radius 1 is 1.03 bits per heavy atom. The SMILES string of the molecule is NC1CCN(Cc2cccc(-c3cccc(-c4nc5ccccc5[nH]4)c3)c2)C1.O=C(O)C(F)(F)F. The van der Waals surface area contributed by atoms with Gasteiger partial charge in [-0.1, -0.05) is 48.5 Å². The molecule has 4 aromatic rings. The minimum Gasteiger partial charge on any atom is -0.475 e. The number of rotatable bonds is 4. The average Bonchev–Trinajstić information content (AvgIpc) is 3.45. The smallest absolute Gasteiger partial charge is 0.475 e. The molecule has 0 bridgehead atoms. The second kappa shape index (κ2) is 10.3. The summed E-state index contributed by atoms with van der Waals surface area (Å²) in [5.41, 5.74) is 13.0. The lowest BCUT2D eigenvalue weighted by Crippen LogP contribution is -2.26. The first-order valence-electron chi connectivity index (χ1n) is 11.1. The van der Waals surface area contributed by atoms with Crippen LogP contribution in [0.15, 0.2) is 72.8 Å². The van der Waals surface area contributed by atoms with Crippen LogP contribution in [0.5, 0.6) is 0 Å². The first kappa shape index (κ1) is 24.4. The van der Waals surface area contributed by atoms with E-state index in [0.717, 1.165) is 48.5 Å². The van der Waals surface area contributed by atoms with Gasteiger partial charge in [0, 0.05) is 31.2 Å². The van der Waals surface area contributed by atoms with Crippen LogP contribution in [0.3, 0.4) is 0 Å². The standard InChI is InChI=1S/C24H24N4.C2HF3O2/c25-21-11-12-28(16-21)15-17-5-3-6-18(13-17)19-7-4-8-20(14-19)24-26-22-9-1-2-10-23(22)27-24;3-2(4,5)1(6)7/h1-10,13-14,21H,11-12,15-16,25H2,(H,26,27);(H,6,7). The number of benzene rings is 3. The van der Waals surface area contributed by atoms with Crippen molar-refractivity contribution >= 4 is 17.0 Å². The molecule has 1 aliphatic rings. The van der Waals surface area contributed by atoms with Gasteiger partial charge in [-0.25, -0.2) is 9.78 Å². The number of carboxylic acid groups (broad SMARTS) is 1. The molecule has 1 aliphatic heterocycles. The number of carboxylic acids is 1. The summed E-state index contributed by atoms with van der Waals surface area (Å²) in [6, 6.07) is 25.9. The number of nitrogens with zero attached hydrogens (tertiary/aromatic N) is 2. The maximum atomic E-state index is 10.6. The Kier molecular flexibility index (Phi) is 7.18. The van der Waals surface area contributed by atoms with Crippen LogP contribution in [-0.2, 0) is 11.3 Å². The van der Waals surface area contributed by atoms with Crippen LogP contribution >= 0.6 is 0 Å². The van der Waals surface area contributed by atoms with Gasteiger partial charge in [-0.2, -0.15) is 13.2 Å². The van der Waals surface area contributed by atoms with Gasteiger partial charge in [-0.15, -0.1) is 0 Å². The quantitative estimate of drug-likeness (QED) is 0.378. The van der Waals surface area contributed by atoms with E-state index < -0.39 is 12.1 Å². The van der Waals surface area contributed by atoms with E-state index >= 15 is 0 Å². The number of aliphatic carboxylic acids is 1. The number of para-hydroxylation sites is 2. The summed E-state index contributed by atoms with van der Waals surface area (Å²) >= 11 is 0. The van der Waals surface area contributed by atoms with Gasteiger partial charge >= 0.3 is 12.1 Å². The minimum absolute atomic E-state index is 0.323. The average molecular weight is 483 g/mol. The van der Waals surface area contributed by atoms with E-state index in [4.69, 9.17) is 20.6 Å². The minimum atomic E-state index is -5.08. The fraction of sp³-hybridized carbons (Fsp3) is 0.231. The van der Waals surface area contributed by atoms with Gasteiger partial charge in [0.15, 0.2) is 0 Å². The molecule has 3 aromatic carbocycles. The van der Waals surface area contributed by atoms with Gasteiger partial charge < -0.3 is 15.8 Å². The Hall–Kier alpha value is -3.69. The zero-order valence-electron chi connectivity index (χ0n) is 18.8. The molecule has 4 N–H and O–H groups in total.